The Kier molecular flexibility index (Phi) is 4.44. The summed E-state index contributed by atoms with van der Waals surface area (Å²) in [6.45, 7) is 1.90. The molecule has 1 heterocycles. The minimum atomic E-state index is -0.491. The highest BCUT2D eigenvalue weighted by atomic mass is 79.9. The van der Waals surface area contributed by atoms with E-state index in [0.717, 1.165) is 11.8 Å². The molecule has 0 aromatic heterocycles. The van der Waals surface area contributed by atoms with Gasteiger partial charge in [0.2, 0.25) is 5.91 Å². The molecule has 2 rings (SSSR count). The highest BCUT2D eigenvalue weighted by molar-refractivity contribution is 9.10. The van der Waals surface area contributed by atoms with E-state index in [4.69, 9.17) is 0 Å². The van der Waals surface area contributed by atoms with Gasteiger partial charge in [0, 0.05) is 41.7 Å². The second-order valence-corrected chi connectivity index (χ2v) is 6.66. The van der Waals surface area contributed by atoms with Crippen LogP contribution >= 0.6 is 27.7 Å². The minimum absolute atomic E-state index is 0.0209. The van der Waals surface area contributed by atoms with Crippen LogP contribution < -0.4 is 4.90 Å². The molecule has 0 bridgehead atoms. The Balaban J connectivity index is 2.22. The van der Waals surface area contributed by atoms with Crippen LogP contribution in [0.4, 0.5) is 11.4 Å². The molecule has 0 radical (unpaired) electrons. The second kappa shape index (κ2) is 5.92. The summed E-state index contributed by atoms with van der Waals surface area (Å²) in [6, 6.07) is 4.27. The lowest BCUT2D eigenvalue weighted by atomic mass is 10.2. The zero-order valence-corrected chi connectivity index (χ0v) is 12.9. The fourth-order valence-corrected chi connectivity index (χ4v) is 3.55. The fraction of sp³-hybridized carbons (Fsp3) is 0.333. The molecule has 1 amide bonds. The Hall–Kier alpha value is -1.41. The average molecular weight is 359 g/mol. The van der Waals surface area contributed by atoms with Gasteiger partial charge >= 0.3 is 0 Å². The number of benzene rings is 1. The van der Waals surface area contributed by atoms with E-state index in [9.17, 15) is 19.7 Å². The van der Waals surface area contributed by atoms with Gasteiger partial charge in [-0.15, -0.1) is 0 Å². The number of thioether (sulfide) groups is 1. The first-order valence-electron chi connectivity index (χ1n) is 5.80. The number of nitrogens with zero attached hydrogens (tertiary/aromatic N) is 2. The van der Waals surface area contributed by atoms with Crippen molar-refractivity contribution in [2.75, 3.05) is 11.4 Å². The first-order chi connectivity index (χ1) is 9.38. The molecule has 1 aliphatic heterocycles. The summed E-state index contributed by atoms with van der Waals surface area (Å²) in [5.74, 6) is -0.0849. The van der Waals surface area contributed by atoms with Gasteiger partial charge in [-0.1, -0.05) is 11.8 Å². The third-order valence-corrected chi connectivity index (χ3v) is 4.47. The molecule has 1 atom stereocenters. The summed E-state index contributed by atoms with van der Waals surface area (Å²) in [5.41, 5.74) is 0.550. The number of hydrogen-bond acceptors (Lipinski definition) is 5. The van der Waals surface area contributed by atoms with Crippen molar-refractivity contribution >= 4 is 50.1 Å². The molecular weight excluding hydrogens is 348 g/mol. The molecule has 8 heteroatoms. The number of anilines is 1. The maximum atomic E-state index is 12.0. The van der Waals surface area contributed by atoms with Crippen LogP contribution in [0.2, 0.25) is 0 Å². The maximum Gasteiger partial charge on any atom is 0.270 e. The first-order valence-corrected chi connectivity index (χ1v) is 7.47. The lowest BCUT2D eigenvalue weighted by molar-refractivity contribution is -0.384. The quantitative estimate of drug-likeness (QED) is 0.612. The first kappa shape index (κ1) is 15.0. The van der Waals surface area contributed by atoms with Gasteiger partial charge in [-0.3, -0.25) is 19.7 Å². The summed E-state index contributed by atoms with van der Waals surface area (Å²) in [4.78, 5) is 34.8. The maximum absolute atomic E-state index is 12.0. The second-order valence-electron chi connectivity index (χ2n) is 4.33. The average Bonchev–Trinajstić information content (AvgIpc) is 2.68. The van der Waals surface area contributed by atoms with Crippen molar-refractivity contribution in [3.05, 3.63) is 32.8 Å². The molecule has 1 fully saturated rings. The number of halogens is 1. The predicted molar refractivity (Wildman–Crippen MR) is 79.8 cm³/mol. The molecule has 1 saturated heterocycles. The Bertz CT molecular complexity index is 593. The van der Waals surface area contributed by atoms with Gasteiger partial charge < -0.3 is 4.90 Å². The van der Waals surface area contributed by atoms with E-state index in [-0.39, 0.29) is 22.0 Å². The summed E-state index contributed by atoms with van der Waals surface area (Å²) in [7, 11) is 0. The van der Waals surface area contributed by atoms with E-state index < -0.39 is 4.92 Å². The van der Waals surface area contributed by atoms with Crippen LogP contribution in [0.1, 0.15) is 13.3 Å². The molecule has 0 aliphatic carbocycles. The van der Waals surface area contributed by atoms with Gasteiger partial charge in [-0.2, -0.15) is 0 Å². The Morgan fingerprint density at radius 3 is 2.80 bits per heavy atom. The third-order valence-electron chi connectivity index (χ3n) is 2.86. The fourth-order valence-electron chi connectivity index (χ4n) is 2.05. The van der Waals surface area contributed by atoms with Crippen molar-refractivity contribution < 1.29 is 14.5 Å². The number of nitro benzene ring substituents is 1. The van der Waals surface area contributed by atoms with Gasteiger partial charge in [0.15, 0.2) is 5.12 Å². The van der Waals surface area contributed by atoms with E-state index in [1.165, 1.54) is 19.1 Å². The normalized spacial score (nSPS) is 18.4. The molecule has 0 spiro atoms. The molecule has 1 unspecified atom stereocenters. The molecule has 106 valence electrons. The zero-order valence-electron chi connectivity index (χ0n) is 10.5. The number of carbonyl (C=O) groups excluding carboxylic acids is 2. The number of non-ortho nitro benzene ring substituents is 1. The van der Waals surface area contributed by atoms with E-state index in [2.05, 4.69) is 15.9 Å². The van der Waals surface area contributed by atoms with Crippen LogP contribution in [0, 0.1) is 10.1 Å². The van der Waals surface area contributed by atoms with Crippen molar-refractivity contribution in [1.29, 1.82) is 0 Å². The number of nitro groups is 1. The van der Waals surface area contributed by atoms with Crippen LogP contribution in [0.25, 0.3) is 0 Å². The zero-order chi connectivity index (χ0) is 14.9. The van der Waals surface area contributed by atoms with Gasteiger partial charge in [0.1, 0.15) is 0 Å². The van der Waals surface area contributed by atoms with Gasteiger partial charge in [0.05, 0.1) is 10.6 Å². The van der Waals surface area contributed by atoms with Gasteiger partial charge in [-0.05, 0) is 22.0 Å². The Morgan fingerprint density at radius 2 is 2.25 bits per heavy atom. The highest BCUT2D eigenvalue weighted by Crippen LogP contribution is 2.35. The molecule has 20 heavy (non-hydrogen) atoms. The predicted octanol–water partition coefficient (Wildman–Crippen LogP) is 2.74. The number of hydrogen-bond donors (Lipinski definition) is 0. The molecule has 1 aromatic carbocycles. The number of amides is 1. The highest BCUT2D eigenvalue weighted by Gasteiger charge is 2.33. The largest absolute Gasteiger partial charge is 0.310 e. The molecule has 0 saturated carbocycles. The Morgan fingerprint density at radius 1 is 1.55 bits per heavy atom. The molecule has 1 aliphatic rings. The molecule has 6 nitrogen and oxygen atoms in total. The van der Waals surface area contributed by atoms with Crippen LogP contribution in [0.3, 0.4) is 0 Å². The van der Waals surface area contributed by atoms with Crippen molar-refractivity contribution in [3.63, 3.8) is 0 Å². The molecular formula is C12H11BrN2O4S. The molecule has 1 aromatic rings. The Labute approximate surface area is 127 Å². The summed E-state index contributed by atoms with van der Waals surface area (Å²) in [5, 5.41) is 10.6. The van der Waals surface area contributed by atoms with E-state index in [1.54, 1.807) is 11.0 Å². The lowest BCUT2D eigenvalue weighted by Crippen LogP contribution is -2.25. The number of carbonyl (C=O) groups is 2. The van der Waals surface area contributed by atoms with Crippen LogP contribution in [-0.4, -0.2) is 27.7 Å². The van der Waals surface area contributed by atoms with Crippen LogP contribution in [0.5, 0.6) is 0 Å². The third kappa shape index (κ3) is 3.18. The van der Waals surface area contributed by atoms with Crippen molar-refractivity contribution in [2.45, 2.75) is 18.6 Å². The number of rotatable bonds is 3. The van der Waals surface area contributed by atoms with Gasteiger partial charge in [0.25, 0.3) is 5.69 Å². The monoisotopic (exact) mass is 358 g/mol. The van der Waals surface area contributed by atoms with E-state index in [0.29, 0.717) is 23.1 Å². The minimum Gasteiger partial charge on any atom is -0.310 e. The topological polar surface area (TPSA) is 80.5 Å². The summed E-state index contributed by atoms with van der Waals surface area (Å²) in [6.07, 6.45) is 0.299. The lowest BCUT2D eigenvalue weighted by Gasteiger charge is -2.17. The van der Waals surface area contributed by atoms with E-state index in [1.807, 2.05) is 0 Å². The standard InChI is InChI=1S/C12H11BrN2O4S/c1-7(16)20-9-5-12(17)14(6-9)11-3-2-8(15(18)19)4-10(11)13/h2-4,9H,5-6H2,1H3. The smallest absolute Gasteiger partial charge is 0.270 e. The molecule has 0 N–H and O–H groups in total. The van der Waals surface area contributed by atoms with Crippen molar-refractivity contribution in [2.24, 2.45) is 0 Å². The van der Waals surface area contributed by atoms with Crippen molar-refractivity contribution in [1.82, 2.24) is 0 Å². The summed E-state index contributed by atoms with van der Waals surface area (Å²) < 4.78 is 0.494. The SMILES string of the molecule is CC(=O)SC1CC(=O)N(c2ccc([N+](=O)[O-])cc2Br)C1. The van der Waals surface area contributed by atoms with E-state index >= 15 is 0 Å². The summed E-state index contributed by atoms with van der Waals surface area (Å²) >= 11 is 4.40. The van der Waals surface area contributed by atoms with Gasteiger partial charge in [-0.25, -0.2) is 0 Å². The van der Waals surface area contributed by atoms with Crippen molar-refractivity contribution in [3.8, 4) is 0 Å². The van der Waals surface area contributed by atoms with Crippen LogP contribution in [0.15, 0.2) is 22.7 Å². The van der Waals surface area contributed by atoms with Crippen LogP contribution in [-0.2, 0) is 9.59 Å².